The number of aromatic nitrogens is 3. The average Bonchev–Trinajstić information content (AvgIpc) is 2.75. The van der Waals surface area contributed by atoms with Crippen molar-refractivity contribution in [2.45, 2.75) is 26.8 Å². The summed E-state index contributed by atoms with van der Waals surface area (Å²) in [6.07, 6.45) is 2.76. The number of anilines is 4. The normalized spacial score (nSPS) is 13.1. The molecular weight excluding hydrogens is 348 g/mol. The predicted octanol–water partition coefficient (Wildman–Crippen LogP) is 4.02. The van der Waals surface area contributed by atoms with Crippen LogP contribution in [0.2, 0.25) is 0 Å². The maximum Gasteiger partial charge on any atom is 0.249 e. The predicted molar refractivity (Wildman–Crippen MR) is 114 cm³/mol. The minimum Gasteiger partial charge on any atom is -0.372 e. The van der Waals surface area contributed by atoms with Crippen molar-refractivity contribution in [3.8, 4) is 0 Å². The Bertz CT molecular complexity index is 920. The zero-order valence-corrected chi connectivity index (χ0v) is 16.5. The minimum absolute atomic E-state index is 0.520. The summed E-state index contributed by atoms with van der Waals surface area (Å²) in [5, 5.41) is 11.6. The Morgan fingerprint density at radius 3 is 2.50 bits per heavy atom. The fourth-order valence-corrected chi connectivity index (χ4v) is 3.66. The third kappa shape index (κ3) is 3.91. The van der Waals surface area contributed by atoms with Crippen LogP contribution in [0, 0.1) is 0 Å². The van der Waals surface area contributed by atoms with E-state index in [-0.39, 0.29) is 0 Å². The summed E-state index contributed by atoms with van der Waals surface area (Å²) in [5.74, 6) is 1.37. The van der Waals surface area contributed by atoms with E-state index in [1.54, 1.807) is 6.20 Å². The van der Waals surface area contributed by atoms with E-state index in [1.165, 1.54) is 16.8 Å². The van der Waals surface area contributed by atoms with E-state index in [0.717, 1.165) is 44.1 Å². The first-order chi connectivity index (χ1) is 13.8. The van der Waals surface area contributed by atoms with Gasteiger partial charge in [-0.05, 0) is 55.7 Å². The maximum atomic E-state index is 4.69. The molecule has 1 aliphatic rings. The van der Waals surface area contributed by atoms with Crippen LogP contribution in [0.1, 0.15) is 25.0 Å². The Hall–Kier alpha value is -3.15. The first-order valence-electron chi connectivity index (χ1n) is 9.90. The van der Waals surface area contributed by atoms with Gasteiger partial charge in [-0.1, -0.05) is 24.3 Å². The quantitative estimate of drug-likeness (QED) is 0.703. The third-order valence-electron chi connectivity index (χ3n) is 5.25. The van der Waals surface area contributed by atoms with E-state index < -0.39 is 0 Å². The third-order valence-corrected chi connectivity index (χ3v) is 5.25. The van der Waals surface area contributed by atoms with Gasteiger partial charge in [0.15, 0.2) is 5.82 Å². The summed E-state index contributed by atoms with van der Waals surface area (Å²) in [7, 11) is 0. The van der Waals surface area contributed by atoms with Crippen molar-refractivity contribution in [1.29, 1.82) is 0 Å². The van der Waals surface area contributed by atoms with E-state index in [4.69, 9.17) is 0 Å². The summed E-state index contributed by atoms with van der Waals surface area (Å²) in [6.45, 7) is 8.12. The van der Waals surface area contributed by atoms with Crippen LogP contribution in [0.5, 0.6) is 0 Å². The molecule has 0 fully saturated rings. The number of fused-ring (bicyclic) bond motifs is 1. The van der Waals surface area contributed by atoms with Gasteiger partial charge in [0, 0.05) is 37.6 Å². The van der Waals surface area contributed by atoms with Crippen LogP contribution < -0.4 is 15.1 Å². The molecule has 1 aliphatic heterocycles. The number of rotatable bonds is 6. The molecule has 4 rings (SSSR count). The molecule has 0 atom stereocenters. The van der Waals surface area contributed by atoms with Gasteiger partial charge in [0.1, 0.15) is 0 Å². The second-order valence-electron chi connectivity index (χ2n) is 6.92. The number of benzene rings is 2. The standard InChI is InChI=1S/C22H26N6/c1-3-27(4-2)20-11-9-19(10-12-20)24-22-25-21(15-23-26-22)28-14-13-17-7-5-6-8-18(17)16-28/h5-12,15H,3-4,13-14,16H2,1-2H3,(H,24,25,26). The largest absolute Gasteiger partial charge is 0.372 e. The van der Waals surface area contributed by atoms with Crippen molar-refractivity contribution >= 4 is 23.1 Å². The highest BCUT2D eigenvalue weighted by Crippen LogP contribution is 2.24. The molecule has 6 heteroatoms. The first kappa shape index (κ1) is 18.2. The Kier molecular flexibility index (Phi) is 5.37. The number of nitrogens with one attached hydrogen (secondary N) is 1. The monoisotopic (exact) mass is 374 g/mol. The van der Waals surface area contributed by atoms with Crippen molar-refractivity contribution in [2.24, 2.45) is 0 Å². The van der Waals surface area contributed by atoms with E-state index in [2.05, 4.69) is 92.7 Å². The van der Waals surface area contributed by atoms with Gasteiger partial charge in [0.05, 0.1) is 6.20 Å². The fraction of sp³-hybridized carbons (Fsp3) is 0.318. The van der Waals surface area contributed by atoms with Crippen LogP contribution in [-0.4, -0.2) is 34.8 Å². The lowest BCUT2D eigenvalue weighted by Gasteiger charge is -2.29. The van der Waals surface area contributed by atoms with Crippen LogP contribution in [0.4, 0.5) is 23.1 Å². The Morgan fingerprint density at radius 1 is 1.00 bits per heavy atom. The van der Waals surface area contributed by atoms with Gasteiger partial charge in [-0.25, -0.2) is 0 Å². The molecule has 0 spiro atoms. The molecule has 1 N–H and O–H groups in total. The van der Waals surface area contributed by atoms with Gasteiger partial charge >= 0.3 is 0 Å². The molecule has 0 bridgehead atoms. The molecule has 2 heterocycles. The van der Waals surface area contributed by atoms with Crippen LogP contribution in [0.15, 0.2) is 54.7 Å². The zero-order chi connectivity index (χ0) is 19.3. The van der Waals surface area contributed by atoms with Crippen LogP contribution in [0.3, 0.4) is 0 Å². The molecule has 0 aliphatic carbocycles. The van der Waals surface area contributed by atoms with Crippen molar-refractivity contribution in [3.63, 3.8) is 0 Å². The second-order valence-corrected chi connectivity index (χ2v) is 6.92. The second kappa shape index (κ2) is 8.25. The highest BCUT2D eigenvalue weighted by molar-refractivity contribution is 5.60. The topological polar surface area (TPSA) is 57.2 Å². The van der Waals surface area contributed by atoms with Gasteiger partial charge in [-0.3, -0.25) is 0 Å². The van der Waals surface area contributed by atoms with Crippen molar-refractivity contribution in [1.82, 2.24) is 15.2 Å². The summed E-state index contributed by atoms with van der Waals surface area (Å²) in [4.78, 5) is 9.26. The number of hydrogen-bond acceptors (Lipinski definition) is 6. The smallest absolute Gasteiger partial charge is 0.249 e. The van der Waals surface area contributed by atoms with E-state index in [9.17, 15) is 0 Å². The first-order valence-corrected chi connectivity index (χ1v) is 9.90. The highest BCUT2D eigenvalue weighted by Gasteiger charge is 2.18. The van der Waals surface area contributed by atoms with Crippen molar-refractivity contribution in [3.05, 3.63) is 65.9 Å². The Labute approximate surface area is 166 Å². The lowest BCUT2D eigenvalue weighted by molar-refractivity contribution is 0.715. The molecule has 2 aromatic carbocycles. The molecule has 6 nitrogen and oxygen atoms in total. The SMILES string of the molecule is CCN(CC)c1ccc(Nc2nncc(N3CCc4ccccc4C3)n2)cc1. The average molecular weight is 374 g/mol. The zero-order valence-electron chi connectivity index (χ0n) is 16.5. The van der Waals surface area contributed by atoms with Gasteiger partial charge in [-0.15, -0.1) is 5.10 Å². The maximum absolute atomic E-state index is 4.69. The van der Waals surface area contributed by atoms with Crippen LogP contribution >= 0.6 is 0 Å². The molecule has 0 unspecified atom stereocenters. The summed E-state index contributed by atoms with van der Waals surface area (Å²) >= 11 is 0. The highest BCUT2D eigenvalue weighted by atomic mass is 15.3. The molecule has 1 aromatic heterocycles. The number of hydrogen-bond donors (Lipinski definition) is 1. The van der Waals surface area contributed by atoms with Gasteiger partial charge in [0.2, 0.25) is 5.95 Å². The van der Waals surface area contributed by atoms with Crippen molar-refractivity contribution in [2.75, 3.05) is 34.8 Å². The van der Waals surface area contributed by atoms with E-state index in [1.807, 2.05) is 0 Å². The molecule has 144 valence electrons. The summed E-state index contributed by atoms with van der Waals surface area (Å²) in [5.41, 5.74) is 4.95. The lowest BCUT2D eigenvalue weighted by Crippen LogP contribution is -2.31. The lowest BCUT2D eigenvalue weighted by atomic mass is 10.0. The molecule has 0 saturated heterocycles. The van der Waals surface area contributed by atoms with Crippen LogP contribution in [-0.2, 0) is 13.0 Å². The molecular formula is C22H26N6. The Morgan fingerprint density at radius 2 is 1.75 bits per heavy atom. The summed E-state index contributed by atoms with van der Waals surface area (Å²) < 4.78 is 0. The number of nitrogens with zero attached hydrogens (tertiary/aromatic N) is 5. The van der Waals surface area contributed by atoms with E-state index in [0.29, 0.717) is 5.95 Å². The minimum atomic E-state index is 0.520. The fourth-order valence-electron chi connectivity index (χ4n) is 3.66. The Balaban J connectivity index is 1.47. The molecule has 3 aromatic rings. The van der Waals surface area contributed by atoms with Crippen molar-refractivity contribution < 1.29 is 0 Å². The summed E-state index contributed by atoms with van der Waals surface area (Å²) in [6, 6.07) is 16.9. The molecule has 0 amide bonds. The van der Waals surface area contributed by atoms with Crippen LogP contribution in [0.25, 0.3) is 0 Å². The van der Waals surface area contributed by atoms with E-state index >= 15 is 0 Å². The molecule has 0 radical (unpaired) electrons. The van der Waals surface area contributed by atoms with Gasteiger partial charge in [-0.2, -0.15) is 10.1 Å². The van der Waals surface area contributed by atoms with Gasteiger partial charge in [0.25, 0.3) is 0 Å². The van der Waals surface area contributed by atoms with Gasteiger partial charge < -0.3 is 15.1 Å². The molecule has 0 saturated carbocycles. The molecule has 28 heavy (non-hydrogen) atoms.